The standard InChI is InChI=1S/C17H22N4O.ClH/c1-2-21-11-15(9-19-21)17(22)20-10-14(8-18)16(12-20)13-6-4-3-5-7-13;/h3-7,9,11,14,16H,2,8,10,12,18H2,1H3;1H/t14-,16+;/m1./s1. The molecule has 2 N–H and O–H groups in total. The lowest BCUT2D eigenvalue weighted by molar-refractivity contribution is 0.0786. The lowest BCUT2D eigenvalue weighted by Crippen LogP contribution is -2.29. The van der Waals surface area contributed by atoms with Crippen molar-refractivity contribution in [3.05, 3.63) is 53.9 Å². The number of nitrogens with zero attached hydrogens (tertiary/aromatic N) is 3. The molecule has 1 aliphatic heterocycles. The molecule has 0 aliphatic carbocycles. The summed E-state index contributed by atoms with van der Waals surface area (Å²) in [6.45, 7) is 4.81. The maximum Gasteiger partial charge on any atom is 0.257 e. The molecule has 2 heterocycles. The van der Waals surface area contributed by atoms with Gasteiger partial charge in [0.05, 0.1) is 11.8 Å². The Labute approximate surface area is 142 Å². The van der Waals surface area contributed by atoms with Gasteiger partial charge in [-0.15, -0.1) is 12.4 Å². The van der Waals surface area contributed by atoms with Gasteiger partial charge in [-0.2, -0.15) is 5.10 Å². The van der Waals surface area contributed by atoms with Gasteiger partial charge >= 0.3 is 0 Å². The first-order valence-electron chi connectivity index (χ1n) is 7.79. The Morgan fingerprint density at radius 3 is 2.65 bits per heavy atom. The van der Waals surface area contributed by atoms with Crippen LogP contribution in [0.3, 0.4) is 0 Å². The molecule has 0 spiro atoms. The summed E-state index contributed by atoms with van der Waals surface area (Å²) in [6.07, 6.45) is 3.47. The molecule has 6 heteroatoms. The van der Waals surface area contributed by atoms with Crippen LogP contribution in [0.1, 0.15) is 28.8 Å². The van der Waals surface area contributed by atoms with E-state index < -0.39 is 0 Å². The first kappa shape index (κ1) is 17.5. The third kappa shape index (κ3) is 3.57. The van der Waals surface area contributed by atoms with E-state index in [0.29, 0.717) is 30.5 Å². The third-order valence-electron chi connectivity index (χ3n) is 4.46. The highest BCUT2D eigenvalue weighted by Crippen LogP contribution is 2.32. The van der Waals surface area contributed by atoms with E-state index in [1.807, 2.05) is 36.2 Å². The fourth-order valence-electron chi connectivity index (χ4n) is 3.18. The molecule has 23 heavy (non-hydrogen) atoms. The van der Waals surface area contributed by atoms with Gasteiger partial charge < -0.3 is 10.6 Å². The number of halogens is 1. The molecule has 1 saturated heterocycles. The van der Waals surface area contributed by atoms with Crippen molar-refractivity contribution in [1.82, 2.24) is 14.7 Å². The van der Waals surface area contributed by atoms with Crippen LogP contribution in [0.5, 0.6) is 0 Å². The zero-order valence-corrected chi connectivity index (χ0v) is 14.1. The minimum absolute atomic E-state index is 0. The number of nitrogens with two attached hydrogens (primary N) is 1. The Bertz CT molecular complexity index is 643. The average molecular weight is 335 g/mol. The molecule has 0 unspecified atom stereocenters. The highest BCUT2D eigenvalue weighted by molar-refractivity contribution is 5.94. The molecule has 124 valence electrons. The Morgan fingerprint density at radius 2 is 2.04 bits per heavy atom. The lowest BCUT2D eigenvalue weighted by Gasteiger charge is -2.16. The van der Waals surface area contributed by atoms with E-state index in [1.165, 1.54) is 5.56 Å². The monoisotopic (exact) mass is 334 g/mol. The molecule has 3 rings (SSSR count). The van der Waals surface area contributed by atoms with Crippen LogP contribution in [0, 0.1) is 5.92 Å². The summed E-state index contributed by atoms with van der Waals surface area (Å²) in [5.41, 5.74) is 7.85. The van der Waals surface area contributed by atoms with Crippen LogP contribution in [0.25, 0.3) is 0 Å². The average Bonchev–Trinajstić information content (AvgIpc) is 3.21. The lowest BCUT2D eigenvalue weighted by atomic mass is 9.89. The second-order valence-electron chi connectivity index (χ2n) is 5.81. The van der Waals surface area contributed by atoms with Crippen LogP contribution in [0.15, 0.2) is 42.7 Å². The minimum Gasteiger partial charge on any atom is -0.338 e. The van der Waals surface area contributed by atoms with Crippen molar-refractivity contribution in [2.45, 2.75) is 19.4 Å². The van der Waals surface area contributed by atoms with Gasteiger partial charge in [-0.3, -0.25) is 9.48 Å². The number of hydrogen-bond acceptors (Lipinski definition) is 3. The summed E-state index contributed by atoms with van der Waals surface area (Å²) in [5.74, 6) is 0.681. The van der Waals surface area contributed by atoms with E-state index in [-0.39, 0.29) is 18.3 Å². The molecular formula is C17H23ClN4O. The van der Waals surface area contributed by atoms with Gasteiger partial charge in [0.2, 0.25) is 0 Å². The van der Waals surface area contributed by atoms with Crippen LogP contribution in [0.4, 0.5) is 0 Å². The fraction of sp³-hybridized carbons (Fsp3) is 0.412. The molecule has 1 aliphatic rings. The predicted octanol–water partition coefficient (Wildman–Crippen LogP) is 2.14. The molecule has 1 aromatic heterocycles. The number of carbonyl (C=O) groups is 1. The Hall–Kier alpha value is -1.85. The van der Waals surface area contributed by atoms with Gasteiger partial charge in [-0.1, -0.05) is 30.3 Å². The van der Waals surface area contributed by atoms with Gasteiger partial charge in [0, 0.05) is 31.7 Å². The van der Waals surface area contributed by atoms with Crippen molar-refractivity contribution in [3.63, 3.8) is 0 Å². The topological polar surface area (TPSA) is 64.2 Å². The summed E-state index contributed by atoms with van der Waals surface area (Å²) in [6, 6.07) is 10.3. The van der Waals surface area contributed by atoms with E-state index in [1.54, 1.807) is 10.9 Å². The normalized spacial score (nSPS) is 20.3. The number of likely N-dealkylation sites (tertiary alicyclic amines) is 1. The van der Waals surface area contributed by atoms with Crippen molar-refractivity contribution < 1.29 is 4.79 Å². The highest BCUT2D eigenvalue weighted by atomic mass is 35.5. The number of aromatic nitrogens is 2. The molecule has 5 nitrogen and oxygen atoms in total. The van der Waals surface area contributed by atoms with Crippen molar-refractivity contribution >= 4 is 18.3 Å². The number of hydrogen-bond donors (Lipinski definition) is 1. The molecule has 0 bridgehead atoms. The molecule has 1 aromatic carbocycles. The van der Waals surface area contributed by atoms with E-state index in [9.17, 15) is 4.79 Å². The largest absolute Gasteiger partial charge is 0.338 e. The first-order valence-corrected chi connectivity index (χ1v) is 7.79. The molecule has 0 saturated carbocycles. The first-order chi connectivity index (χ1) is 10.7. The highest BCUT2D eigenvalue weighted by Gasteiger charge is 2.35. The number of carbonyl (C=O) groups excluding carboxylic acids is 1. The van der Waals surface area contributed by atoms with Gasteiger partial charge in [0.15, 0.2) is 0 Å². The van der Waals surface area contributed by atoms with Crippen molar-refractivity contribution in [2.75, 3.05) is 19.6 Å². The van der Waals surface area contributed by atoms with Gasteiger partial charge in [0.1, 0.15) is 0 Å². The SMILES string of the molecule is CCn1cc(C(=O)N2C[C@@H](CN)[C@H](c3ccccc3)C2)cn1.Cl. The van der Waals surface area contributed by atoms with E-state index in [4.69, 9.17) is 5.73 Å². The summed E-state index contributed by atoms with van der Waals surface area (Å²) in [5, 5.41) is 4.19. The fourth-order valence-corrected chi connectivity index (χ4v) is 3.18. The molecular weight excluding hydrogens is 312 g/mol. The van der Waals surface area contributed by atoms with Crippen LogP contribution in [-0.2, 0) is 6.54 Å². The van der Waals surface area contributed by atoms with Crippen LogP contribution >= 0.6 is 12.4 Å². The number of amides is 1. The van der Waals surface area contributed by atoms with Gasteiger partial charge in [0.25, 0.3) is 5.91 Å². The third-order valence-corrected chi connectivity index (χ3v) is 4.46. The van der Waals surface area contributed by atoms with E-state index in [0.717, 1.165) is 13.1 Å². The van der Waals surface area contributed by atoms with E-state index in [2.05, 4.69) is 17.2 Å². The second kappa shape index (κ2) is 7.62. The number of rotatable bonds is 4. The Kier molecular flexibility index (Phi) is 5.80. The maximum absolute atomic E-state index is 12.6. The molecule has 1 fully saturated rings. The summed E-state index contributed by atoms with van der Waals surface area (Å²) in [7, 11) is 0. The summed E-state index contributed by atoms with van der Waals surface area (Å²) >= 11 is 0. The zero-order valence-electron chi connectivity index (χ0n) is 13.3. The number of benzene rings is 1. The minimum atomic E-state index is 0. The van der Waals surface area contributed by atoms with Crippen molar-refractivity contribution in [1.29, 1.82) is 0 Å². The zero-order chi connectivity index (χ0) is 15.5. The Morgan fingerprint density at radius 1 is 1.30 bits per heavy atom. The molecule has 2 aromatic rings. The number of aryl methyl sites for hydroxylation is 1. The Balaban J connectivity index is 0.00000192. The van der Waals surface area contributed by atoms with E-state index >= 15 is 0 Å². The van der Waals surface area contributed by atoms with Crippen molar-refractivity contribution in [2.24, 2.45) is 11.7 Å². The van der Waals surface area contributed by atoms with Crippen LogP contribution in [0.2, 0.25) is 0 Å². The van der Waals surface area contributed by atoms with Gasteiger partial charge in [-0.05, 0) is 24.9 Å². The maximum atomic E-state index is 12.6. The van der Waals surface area contributed by atoms with Gasteiger partial charge in [-0.25, -0.2) is 0 Å². The second-order valence-corrected chi connectivity index (χ2v) is 5.81. The smallest absolute Gasteiger partial charge is 0.257 e. The van der Waals surface area contributed by atoms with Crippen LogP contribution in [-0.4, -0.2) is 40.2 Å². The van der Waals surface area contributed by atoms with Crippen molar-refractivity contribution in [3.8, 4) is 0 Å². The summed E-state index contributed by atoms with van der Waals surface area (Å²) < 4.78 is 1.78. The molecule has 0 radical (unpaired) electrons. The molecule has 2 atom stereocenters. The predicted molar refractivity (Wildman–Crippen MR) is 92.8 cm³/mol. The van der Waals surface area contributed by atoms with Crippen LogP contribution < -0.4 is 5.73 Å². The molecule has 1 amide bonds. The summed E-state index contributed by atoms with van der Waals surface area (Å²) in [4.78, 5) is 14.6. The quantitative estimate of drug-likeness (QED) is 0.931.